The van der Waals surface area contributed by atoms with Crippen LogP contribution in [0.3, 0.4) is 0 Å². The van der Waals surface area contributed by atoms with Crippen molar-refractivity contribution in [3.05, 3.63) is 17.9 Å². The summed E-state index contributed by atoms with van der Waals surface area (Å²) >= 11 is 0. The third-order valence-electron chi connectivity index (χ3n) is 3.59. The van der Waals surface area contributed by atoms with E-state index in [1.54, 1.807) is 6.07 Å². The summed E-state index contributed by atoms with van der Waals surface area (Å²) in [6, 6.07) is 3.65. The largest absolute Gasteiger partial charge is 0.438 e. The smallest absolute Gasteiger partial charge is 0.196 e. The second kappa shape index (κ2) is 5.89. The number of rotatable bonds is 4. The van der Waals surface area contributed by atoms with Crippen LogP contribution in [0, 0.1) is 5.92 Å². The van der Waals surface area contributed by atoms with Gasteiger partial charge in [-0.1, -0.05) is 19.8 Å². The van der Waals surface area contributed by atoms with E-state index in [0.717, 1.165) is 31.2 Å². The molecule has 1 aromatic rings. The highest BCUT2D eigenvalue weighted by atomic mass is 16.4. The number of nitrogens with zero attached hydrogens (tertiary/aromatic N) is 1. The number of carbonyl (C=O) groups excluding carboxylic acids is 1. The van der Waals surface area contributed by atoms with Crippen molar-refractivity contribution in [2.45, 2.75) is 39.0 Å². The first-order valence-electron chi connectivity index (χ1n) is 6.63. The predicted octanol–water partition coefficient (Wildman–Crippen LogP) is 3.50. The molecule has 1 aromatic heterocycles. The van der Waals surface area contributed by atoms with E-state index in [1.165, 1.54) is 32.1 Å². The number of hydrogen-bond donors (Lipinski definition) is 0. The summed E-state index contributed by atoms with van der Waals surface area (Å²) in [6.07, 6.45) is 7.17. The van der Waals surface area contributed by atoms with E-state index in [1.807, 2.05) is 6.07 Å². The van der Waals surface area contributed by atoms with Gasteiger partial charge in [0, 0.05) is 19.2 Å². The van der Waals surface area contributed by atoms with E-state index >= 15 is 0 Å². The van der Waals surface area contributed by atoms with Gasteiger partial charge in [0.1, 0.15) is 0 Å². The average Bonchev–Trinajstić information content (AvgIpc) is 2.70. The number of aldehydes is 1. The van der Waals surface area contributed by atoms with Crippen molar-refractivity contribution in [3.63, 3.8) is 0 Å². The van der Waals surface area contributed by atoms with Gasteiger partial charge >= 0.3 is 0 Å². The van der Waals surface area contributed by atoms with Crippen LogP contribution < -0.4 is 4.90 Å². The Morgan fingerprint density at radius 2 is 2.29 bits per heavy atom. The zero-order valence-electron chi connectivity index (χ0n) is 10.5. The van der Waals surface area contributed by atoms with Gasteiger partial charge in [0.2, 0.25) is 0 Å². The number of hydrogen-bond acceptors (Lipinski definition) is 3. The van der Waals surface area contributed by atoms with Gasteiger partial charge in [0.25, 0.3) is 0 Å². The molecule has 2 heterocycles. The van der Waals surface area contributed by atoms with Gasteiger partial charge in [0.05, 0.1) is 0 Å². The summed E-state index contributed by atoms with van der Waals surface area (Å²) in [5, 5.41) is 0. The molecular formula is C14H21NO2. The molecule has 0 aliphatic carbocycles. The van der Waals surface area contributed by atoms with Crippen molar-refractivity contribution >= 4 is 12.2 Å². The first-order valence-corrected chi connectivity index (χ1v) is 6.63. The highest BCUT2D eigenvalue weighted by molar-refractivity contribution is 5.71. The molecule has 0 N–H and O–H groups in total. The molecule has 94 valence electrons. The Kier molecular flexibility index (Phi) is 4.24. The second-order valence-electron chi connectivity index (χ2n) is 4.87. The van der Waals surface area contributed by atoms with Crippen LogP contribution in [0.4, 0.5) is 5.88 Å². The van der Waals surface area contributed by atoms with Gasteiger partial charge < -0.3 is 9.32 Å². The molecule has 1 atom stereocenters. The van der Waals surface area contributed by atoms with Gasteiger partial charge in [0.15, 0.2) is 17.9 Å². The van der Waals surface area contributed by atoms with Crippen LogP contribution >= 0.6 is 0 Å². The van der Waals surface area contributed by atoms with Crippen LogP contribution in [0.5, 0.6) is 0 Å². The summed E-state index contributed by atoms with van der Waals surface area (Å²) in [5.41, 5.74) is 0. The topological polar surface area (TPSA) is 33.5 Å². The SMILES string of the molecule is CCCC1CCCN(c2ccc(C=O)o2)CC1. The molecular weight excluding hydrogens is 214 g/mol. The van der Waals surface area contributed by atoms with Crippen molar-refractivity contribution in [2.75, 3.05) is 18.0 Å². The molecule has 0 spiro atoms. The van der Waals surface area contributed by atoms with Gasteiger partial charge in [-0.2, -0.15) is 0 Å². The molecule has 0 saturated carbocycles. The Balaban J connectivity index is 1.96. The Morgan fingerprint density at radius 3 is 3.00 bits per heavy atom. The lowest BCUT2D eigenvalue weighted by Crippen LogP contribution is -2.23. The molecule has 17 heavy (non-hydrogen) atoms. The minimum Gasteiger partial charge on any atom is -0.438 e. The summed E-state index contributed by atoms with van der Waals surface area (Å²) in [4.78, 5) is 12.9. The summed E-state index contributed by atoms with van der Waals surface area (Å²) in [6.45, 7) is 4.36. The Labute approximate surface area is 103 Å². The van der Waals surface area contributed by atoms with E-state index < -0.39 is 0 Å². The van der Waals surface area contributed by atoms with E-state index in [-0.39, 0.29) is 0 Å². The van der Waals surface area contributed by atoms with Crippen molar-refractivity contribution in [3.8, 4) is 0 Å². The molecule has 0 amide bonds. The maximum absolute atomic E-state index is 10.6. The van der Waals surface area contributed by atoms with Crippen LogP contribution in [0.1, 0.15) is 49.6 Å². The van der Waals surface area contributed by atoms with Gasteiger partial charge in [-0.15, -0.1) is 0 Å². The van der Waals surface area contributed by atoms with Crippen molar-refractivity contribution in [1.29, 1.82) is 0 Å². The van der Waals surface area contributed by atoms with E-state index in [4.69, 9.17) is 4.42 Å². The van der Waals surface area contributed by atoms with E-state index in [2.05, 4.69) is 11.8 Å². The zero-order valence-corrected chi connectivity index (χ0v) is 10.5. The Hall–Kier alpha value is -1.25. The van der Waals surface area contributed by atoms with Crippen molar-refractivity contribution in [2.24, 2.45) is 5.92 Å². The third kappa shape index (κ3) is 3.11. The van der Waals surface area contributed by atoms with E-state index in [0.29, 0.717) is 5.76 Å². The molecule has 1 unspecified atom stereocenters. The molecule has 1 fully saturated rings. The minimum absolute atomic E-state index is 0.425. The maximum atomic E-state index is 10.6. The zero-order chi connectivity index (χ0) is 12.1. The number of furan rings is 1. The van der Waals surface area contributed by atoms with Crippen LogP contribution in [-0.4, -0.2) is 19.4 Å². The van der Waals surface area contributed by atoms with Gasteiger partial charge in [-0.25, -0.2) is 0 Å². The third-order valence-corrected chi connectivity index (χ3v) is 3.59. The lowest BCUT2D eigenvalue weighted by atomic mass is 9.96. The Bertz CT molecular complexity index is 359. The number of carbonyl (C=O) groups is 1. The van der Waals surface area contributed by atoms with E-state index in [9.17, 15) is 4.79 Å². The molecule has 1 aliphatic rings. The minimum atomic E-state index is 0.425. The standard InChI is InChI=1S/C14H21NO2/c1-2-4-12-5-3-9-15(10-8-12)14-7-6-13(11-16)17-14/h6-7,11-12H,2-5,8-10H2,1H3. The molecule has 0 aromatic carbocycles. The first-order chi connectivity index (χ1) is 8.33. The van der Waals surface area contributed by atoms with Crippen molar-refractivity contribution < 1.29 is 9.21 Å². The molecule has 0 radical (unpaired) electrons. The molecule has 2 rings (SSSR count). The predicted molar refractivity (Wildman–Crippen MR) is 68.6 cm³/mol. The first kappa shape index (κ1) is 12.2. The molecule has 3 heteroatoms. The average molecular weight is 235 g/mol. The van der Waals surface area contributed by atoms with Crippen LogP contribution in [0.2, 0.25) is 0 Å². The highest BCUT2D eigenvalue weighted by Gasteiger charge is 2.18. The normalized spacial score (nSPS) is 21.2. The molecule has 1 saturated heterocycles. The molecule has 3 nitrogen and oxygen atoms in total. The molecule has 1 aliphatic heterocycles. The van der Waals surface area contributed by atoms with Gasteiger partial charge in [-0.05, 0) is 31.2 Å². The Morgan fingerprint density at radius 1 is 1.41 bits per heavy atom. The quantitative estimate of drug-likeness (QED) is 0.749. The lowest BCUT2D eigenvalue weighted by molar-refractivity contribution is 0.110. The fourth-order valence-corrected chi connectivity index (χ4v) is 2.66. The lowest BCUT2D eigenvalue weighted by Gasteiger charge is -2.19. The second-order valence-corrected chi connectivity index (χ2v) is 4.87. The summed E-state index contributed by atoms with van der Waals surface area (Å²) < 4.78 is 5.48. The highest BCUT2D eigenvalue weighted by Crippen LogP contribution is 2.26. The van der Waals surface area contributed by atoms with Crippen LogP contribution in [-0.2, 0) is 0 Å². The summed E-state index contributed by atoms with van der Waals surface area (Å²) in [5.74, 6) is 2.14. The van der Waals surface area contributed by atoms with Gasteiger partial charge in [-0.3, -0.25) is 4.79 Å². The van der Waals surface area contributed by atoms with Crippen LogP contribution in [0.15, 0.2) is 16.5 Å². The fourth-order valence-electron chi connectivity index (χ4n) is 2.66. The van der Waals surface area contributed by atoms with Crippen molar-refractivity contribution in [1.82, 2.24) is 0 Å². The number of anilines is 1. The molecule has 0 bridgehead atoms. The fraction of sp³-hybridized carbons (Fsp3) is 0.643. The van der Waals surface area contributed by atoms with Crippen LogP contribution in [0.25, 0.3) is 0 Å². The maximum Gasteiger partial charge on any atom is 0.196 e. The monoisotopic (exact) mass is 235 g/mol. The summed E-state index contributed by atoms with van der Waals surface area (Å²) in [7, 11) is 0.